The second-order valence-corrected chi connectivity index (χ2v) is 9.44. The van der Waals surface area contributed by atoms with E-state index in [9.17, 15) is 17.6 Å². The molecule has 3 rings (SSSR count). The van der Waals surface area contributed by atoms with Crippen molar-refractivity contribution >= 4 is 33.2 Å². The van der Waals surface area contributed by atoms with Gasteiger partial charge in [0.15, 0.2) is 0 Å². The number of rotatable bonds is 6. The molecule has 0 bridgehead atoms. The van der Waals surface area contributed by atoms with Gasteiger partial charge in [0.25, 0.3) is 0 Å². The molecule has 6 nitrogen and oxygen atoms in total. The third-order valence-electron chi connectivity index (χ3n) is 5.10. The quantitative estimate of drug-likeness (QED) is 0.663. The molecule has 1 aliphatic heterocycles. The Bertz CT molecular complexity index is 1010. The Hall–Kier alpha value is -2.16. The fourth-order valence-corrected chi connectivity index (χ4v) is 5.44. The lowest BCUT2D eigenvalue weighted by molar-refractivity contribution is -0.123. The van der Waals surface area contributed by atoms with Gasteiger partial charge in [0, 0.05) is 30.8 Å². The first-order valence-corrected chi connectivity index (χ1v) is 11.5. The van der Waals surface area contributed by atoms with Gasteiger partial charge in [-0.3, -0.25) is 4.79 Å². The lowest BCUT2D eigenvalue weighted by atomic mass is 9.98. The van der Waals surface area contributed by atoms with Crippen molar-refractivity contribution < 1.29 is 22.3 Å². The van der Waals surface area contributed by atoms with Crippen LogP contribution in [0.25, 0.3) is 0 Å². The molecule has 1 aliphatic rings. The van der Waals surface area contributed by atoms with E-state index in [2.05, 4.69) is 0 Å². The van der Waals surface area contributed by atoms with E-state index in [1.54, 1.807) is 20.0 Å². The first-order valence-electron chi connectivity index (χ1n) is 9.69. The zero-order valence-corrected chi connectivity index (χ0v) is 18.4. The maximum atomic E-state index is 13.3. The molecule has 162 valence electrons. The second kappa shape index (κ2) is 9.32. The number of sulfonamides is 1. The number of carbonyl (C=O) groups excluding carboxylic acids is 1. The number of halogens is 2. The lowest BCUT2D eigenvalue weighted by Gasteiger charge is -2.33. The van der Waals surface area contributed by atoms with Gasteiger partial charge in [0.2, 0.25) is 15.9 Å². The summed E-state index contributed by atoms with van der Waals surface area (Å²) in [5.41, 5.74) is 0.551. The highest BCUT2D eigenvalue weighted by molar-refractivity contribution is 7.89. The van der Waals surface area contributed by atoms with Crippen LogP contribution in [0.2, 0.25) is 5.02 Å². The van der Waals surface area contributed by atoms with E-state index in [1.165, 1.54) is 45.6 Å². The molecule has 0 aliphatic carbocycles. The topological polar surface area (TPSA) is 66.9 Å². The van der Waals surface area contributed by atoms with Crippen LogP contribution >= 0.6 is 11.6 Å². The Morgan fingerprint density at radius 3 is 2.63 bits per heavy atom. The van der Waals surface area contributed by atoms with Crippen molar-refractivity contribution in [2.45, 2.75) is 24.7 Å². The van der Waals surface area contributed by atoms with Crippen LogP contribution in [0.4, 0.5) is 10.1 Å². The van der Waals surface area contributed by atoms with E-state index in [-0.39, 0.29) is 33.9 Å². The van der Waals surface area contributed by atoms with Crippen molar-refractivity contribution in [3.05, 3.63) is 53.3 Å². The normalized spacial score (nSPS) is 17.5. The number of nitrogens with zero attached hydrogens (tertiary/aromatic N) is 2. The van der Waals surface area contributed by atoms with E-state index in [0.29, 0.717) is 31.7 Å². The number of anilines is 1. The minimum Gasteiger partial charge on any atom is -0.492 e. The van der Waals surface area contributed by atoms with Crippen molar-refractivity contribution in [3.8, 4) is 5.75 Å². The number of ether oxygens (including phenoxy) is 1. The zero-order chi connectivity index (χ0) is 21.9. The van der Waals surface area contributed by atoms with Gasteiger partial charge < -0.3 is 9.64 Å². The fourth-order valence-electron chi connectivity index (χ4n) is 3.53. The number of benzene rings is 2. The SMILES string of the molecule is CCOc1ccc(Cl)cc1S(=O)(=O)N1CCC[C@@H](C(=O)N(C)c2ccc(F)cc2)C1. The summed E-state index contributed by atoms with van der Waals surface area (Å²) in [5.74, 6) is -0.865. The molecular weight excluding hydrogens is 431 g/mol. The standard InChI is InChI=1S/C21H24ClFN2O4S/c1-3-29-19-11-6-16(22)13-20(19)30(27,28)25-12-4-5-15(14-25)21(26)24(2)18-9-7-17(23)8-10-18/h6-11,13,15H,3-5,12,14H2,1-2H3/t15-/m1/s1. The van der Waals surface area contributed by atoms with Crippen molar-refractivity contribution in [1.82, 2.24) is 4.31 Å². The van der Waals surface area contributed by atoms with Crippen molar-refractivity contribution in [2.75, 3.05) is 31.6 Å². The highest BCUT2D eigenvalue weighted by atomic mass is 35.5. The minimum atomic E-state index is -3.90. The van der Waals surface area contributed by atoms with Gasteiger partial charge in [-0.15, -0.1) is 0 Å². The monoisotopic (exact) mass is 454 g/mol. The first-order chi connectivity index (χ1) is 14.2. The van der Waals surface area contributed by atoms with Crippen LogP contribution in [-0.2, 0) is 14.8 Å². The Morgan fingerprint density at radius 1 is 1.27 bits per heavy atom. The molecule has 0 aromatic heterocycles. The molecular formula is C21H24ClFN2O4S. The molecule has 1 saturated heterocycles. The predicted molar refractivity (Wildman–Crippen MR) is 114 cm³/mol. The molecule has 0 N–H and O–H groups in total. The van der Waals surface area contributed by atoms with Gasteiger partial charge in [0.05, 0.1) is 12.5 Å². The Labute approximate surface area is 181 Å². The van der Waals surface area contributed by atoms with Gasteiger partial charge >= 0.3 is 0 Å². The van der Waals surface area contributed by atoms with Gasteiger partial charge in [-0.05, 0) is 62.2 Å². The van der Waals surface area contributed by atoms with Crippen LogP contribution in [0.5, 0.6) is 5.75 Å². The molecule has 1 heterocycles. The van der Waals surface area contributed by atoms with Crippen LogP contribution in [0.15, 0.2) is 47.4 Å². The van der Waals surface area contributed by atoms with Crippen molar-refractivity contribution in [1.29, 1.82) is 0 Å². The molecule has 0 radical (unpaired) electrons. The van der Waals surface area contributed by atoms with Crippen molar-refractivity contribution in [3.63, 3.8) is 0 Å². The molecule has 1 fully saturated rings. The van der Waals surface area contributed by atoms with E-state index < -0.39 is 15.9 Å². The summed E-state index contributed by atoms with van der Waals surface area (Å²) < 4.78 is 46.6. The molecule has 2 aromatic rings. The summed E-state index contributed by atoms with van der Waals surface area (Å²) in [4.78, 5) is 14.4. The third-order valence-corrected chi connectivity index (χ3v) is 7.22. The summed E-state index contributed by atoms with van der Waals surface area (Å²) in [5, 5.41) is 0.290. The average molecular weight is 455 g/mol. The minimum absolute atomic E-state index is 0.00293. The smallest absolute Gasteiger partial charge is 0.246 e. The maximum absolute atomic E-state index is 13.3. The van der Waals surface area contributed by atoms with Crippen LogP contribution in [0.3, 0.4) is 0 Å². The first kappa shape index (κ1) is 22.5. The van der Waals surface area contributed by atoms with E-state index in [0.717, 1.165) is 0 Å². The molecule has 1 amide bonds. The van der Waals surface area contributed by atoms with Gasteiger partial charge in [-0.1, -0.05) is 11.6 Å². The number of carbonyl (C=O) groups is 1. The summed E-state index contributed by atoms with van der Waals surface area (Å²) in [6.07, 6.45) is 1.13. The number of amides is 1. The summed E-state index contributed by atoms with van der Waals surface area (Å²) >= 11 is 6.04. The van der Waals surface area contributed by atoms with Crippen LogP contribution < -0.4 is 9.64 Å². The summed E-state index contributed by atoms with van der Waals surface area (Å²) in [7, 11) is -2.29. The van der Waals surface area contributed by atoms with Gasteiger partial charge in [0.1, 0.15) is 16.5 Å². The molecule has 0 unspecified atom stereocenters. The maximum Gasteiger partial charge on any atom is 0.246 e. The van der Waals surface area contributed by atoms with Crippen LogP contribution in [-0.4, -0.2) is 45.4 Å². The van der Waals surface area contributed by atoms with Gasteiger partial charge in [-0.25, -0.2) is 12.8 Å². The molecule has 1 atom stereocenters. The Morgan fingerprint density at radius 2 is 1.97 bits per heavy atom. The van der Waals surface area contributed by atoms with Gasteiger partial charge in [-0.2, -0.15) is 4.31 Å². The lowest BCUT2D eigenvalue weighted by Crippen LogP contribution is -2.46. The average Bonchev–Trinajstić information content (AvgIpc) is 2.74. The number of hydrogen-bond acceptors (Lipinski definition) is 4. The summed E-state index contributed by atoms with van der Waals surface area (Å²) in [6.45, 7) is 2.45. The number of piperidine rings is 1. The fraction of sp³-hybridized carbons (Fsp3) is 0.381. The molecule has 0 saturated carbocycles. The molecule has 9 heteroatoms. The summed E-state index contributed by atoms with van der Waals surface area (Å²) in [6, 6.07) is 10.1. The Kier molecular flexibility index (Phi) is 7.00. The van der Waals surface area contributed by atoms with Crippen LogP contribution in [0, 0.1) is 11.7 Å². The predicted octanol–water partition coefficient (Wildman–Crippen LogP) is 3.94. The van der Waals surface area contributed by atoms with E-state index in [1.807, 2.05) is 0 Å². The van der Waals surface area contributed by atoms with Crippen molar-refractivity contribution in [2.24, 2.45) is 5.92 Å². The van der Waals surface area contributed by atoms with E-state index >= 15 is 0 Å². The highest BCUT2D eigenvalue weighted by Crippen LogP contribution is 2.32. The third kappa shape index (κ3) is 4.77. The highest BCUT2D eigenvalue weighted by Gasteiger charge is 2.36. The largest absolute Gasteiger partial charge is 0.492 e. The van der Waals surface area contributed by atoms with Crippen LogP contribution in [0.1, 0.15) is 19.8 Å². The van der Waals surface area contributed by atoms with E-state index in [4.69, 9.17) is 16.3 Å². The zero-order valence-electron chi connectivity index (χ0n) is 16.8. The molecule has 2 aromatic carbocycles. The second-order valence-electron chi connectivity index (χ2n) is 7.10. The Balaban J connectivity index is 1.82. The number of hydrogen-bond donors (Lipinski definition) is 0. The molecule has 30 heavy (non-hydrogen) atoms. The molecule has 0 spiro atoms.